The lowest BCUT2D eigenvalue weighted by Crippen LogP contribution is -2.31. The van der Waals surface area contributed by atoms with E-state index in [0.29, 0.717) is 0 Å². The van der Waals surface area contributed by atoms with E-state index in [1.54, 1.807) is 0 Å². The SMILES string of the molecule is CCCCN(CC)C(=O)c1ccc(-c2cc(-c3cccc4ccccc34)[nH]n2)cc1. The van der Waals surface area contributed by atoms with Crippen LogP contribution in [0.15, 0.2) is 72.8 Å². The first-order valence-electron chi connectivity index (χ1n) is 10.6. The molecule has 1 N–H and O–H groups in total. The number of rotatable bonds is 7. The highest BCUT2D eigenvalue weighted by Gasteiger charge is 2.14. The average Bonchev–Trinajstić information content (AvgIpc) is 3.29. The summed E-state index contributed by atoms with van der Waals surface area (Å²) >= 11 is 0. The van der Waals surface area contributed by atoms with E-state index in [1.807, 2.05) is 36.1 Å². The molecule has 152 valence electrons. The lowest BCUT2D eigenvalue weighted by Gasteiger charge is -2.20. The van der Waals surface area contributed by atoms with Gasteiger partial charge in [-0.25, -0.2) is 0 Å². The highest BCUT2D eigenvalue weighted by atomic mass is 16.2. The van der Waals surface area contributed by atoms with Gasteiger partial charge in [0, 0.05) is 29.8 Å². The van der Waals surface area contributed by atoms with E-state index in [4.69, 9.17) is 0 Å². The first kappa shape index (κ1) is 19.9. The Morgan fingerprint density at radius 3 is 2.50 bits per heavy atom. The Hall–Kier alpha value is -3.40. The van der Waals surface area contributed by atoms with Crippen LogP contribution in [0.1, 0.15) is 37.0 Å². The van der Waals surface area contributed by atoms with Crippen molar-refractivity contribution in [2.24, 2.45) is 0 Å². The number of amides is 1. The third-order valence-corrected chi connectivity index (χ3v) is 5.54. The van der Waals surface area contributed by atoms with Gasteiger partial charge in [0.25, 0.3) is 5.91 Å². The highest BCUT2D eigenvalue weighted by Crippen LogP contribution is 2.30. The number of aromatic amines is 1. The monoisotopic (exact) mass is 397 g/mol. The number of benzene rings is 3. The third-order valence-electron chi connectivity index (χ3n) is 5.54. The number of hydrogen-bond acceptors (Lipinski definition) is 2. The van der Waals surface area contributed by atoms with Gasteiger partial charge in [0.15, 0.2) is 0 Å². The summed E-state index contributed by atoms with van der Waals surface area (Å²) in [5.74, 6) is 0.0935. The van der Waals surface area contributed by atoms with E-state index in [1.165, 1.54) is 10.8 Å². The lowest BCUT2D eigenvalue weighted by molar-refractivity contribution is 0.0762. The van der Waals surface area contributed by atoms with Crippen molar-refractivity contribution in [3.8, 4) is 22.5 Å². The Balaban J connectivity index is 1.57. The van der Waals surface area contributed by atoms with Crippen LogP contribution in [0.3, 0.4) is 0 Å². The summed E-state index contributed by atoms with van der Waals surface area (Å²) in [4.78, 5) is 14.7. The van der Waals surface area contributed by atoms with Crippen molar-refractivity contribution >= 4 is 16.7 Å². The molecule has 0 atom stereocenters. The summed E-state index contributed by atoms with van der Waals surface area (Å²) in [5, 5.41) is 10.1. The molecule has 1 aromatic heterocycles. The average molecular weight is 398 g/mol. The summed E-state index contributed by atoms with van der Waals surface area (Å²) in [5.41, 5.74) is 4.70. The minimum absolute atomic E-state index is 0.0935. The van der Waals surface area contributed by atoms with Gasteiger partial charge in [-0.05, 0) is 42.3 Å². The first-order valence-corrected chi connectivity index (χ1v) is 10.6. The lowest BCUT2D eigenvalue weighted by atomic mass is 10.0. The Labute approximate surface area is 177 Å². The van der Waals surface area contributed by atoms with Gasteiger partial charge in [-0.1, -0.05) is 67.9 Å². The van der Waals surface area contributed by atoms with Crippen molar-refractivity contribution in [3.05, 3.63) is 78.4 Å². The molecule has 0 saturated heterocycles. The van der Waals surface area contributed by atoms with Crippen molar-refractivity contribution in [1.82, 2.24) is 15.1 Å². The zero-order valence-electron chi connectivity index (χ0n) is 17.6. The maximum atomic E-state index is 12.7. The zero-order valence-corrected chi connectivity index (χ0v) is 17.6. The topological polar surface area (TPSA) is 49.0 Å². The van der Waals surface area contributed by atoms with Crippen molar-refractivity contribution < 1.29 is 4.79 Å². The summed E-state index contributed by atoms with van der Waals surface area (Å²) < 4.78 is 0. The number of hydrogen-bond donors (Lipinski definition) is 1. The number of carbonyl (C=O) groups is 1. The van der Waals surface area contributed by atoms with Gasteiger partial charge < -0.3 is 4.90 Å². The smallest absolute Gasteiger partial charge is 0.253 e. The minimum atomic E-state index is 0.0935. The Morgan fingerprint density at radius 1 is 0.967 bits per heavy atom. The van der Waals surface area contributed by atoms with Gasteiger partial charge in [0.1, 0.15) is 0 Å². The van der Waals surface area contributed by atoms with Crippen LogP contribution >= 0.6 is 0 Å². The fourth-order valence-corrected chi connectivity index (χ4v) is 3.79. The number of H-pyrrole nitrogens is 1. The van der Waals surface area contributed by atoms with Crippen LogP contribution in [0.2, 0.25) is 0 Å². The van der Waals surface area contributed by atoms with E-state index >= 15 is 0 Å². The second-order valence-corrected chi connectivity index (χ2v) is 7.51. The molecule has 4 aromatic rings. The normalized spacial score (nSPS) is 11.0. The van der Waals surface area contributed by atoms with Crippen molar-refractivity contribution in [3.63, 3.8) is 0 Å². The fraction of sp³-hybridized carbons (Fsp3) is 0.231. The van der Waals surface area contributed by atoms with Gasteiger partial charge in [0.05, 0.1) is 11.4 Å². The molecule has 0 bridgehead atoms. The maximum absolute atomic E-state index is 12.7. The molecule has 0 fully saturated rings. The summed E-state index contributed by atoms with van der Waals surface area (Å²) in [6.45, 7) is 5.71. The number of fused-ring (bicyclic) bond motifs is 1. The Morgan fingerprint density at radius 2 is 1.73 bits per heavy atom. The van der Waals surface area contributed by atoms with Gasteiger partial charge in [-0.3, -0.25) is 9.89 Å². The van der Waals surface area contributed by atoms with Crippen LogP contribution in [0.5, 0.6) is 0 Å². The highest BCUT2D eigenvalue weighted by molar-refractivity contribution is 5.96. The molecule has 0 radical (unpaired) electrons. The van der Waals surface area contributed by atoms with Crippen LogP contribution in [-0.4, -0.2) is 34.1 Å². The van der Waals surface area contributed by atoms with Gasteiger partial charge in [-0.15, -0.1) is 0 Å². The van der Waals surface area contributed by atoms with E-state index < -0.39 is 0 Å². The number of unbranched alkanes of at least 4 members (excludes halogenated alkanes) is 1. The minimum Gasteiger partial charge on any atom is -0.339 e. The number of nitrogens with one attached hydrogen (secondary N) is 1. The quantitative estimate of drug-likeness (QED) is 0.406. The molecule has 1 heterocycles. The van der Waals surface area contributed by atoms with Crippen LogP contribution in [0.25, 0.3) is 33.3 Å². The molecule has 30 heavy (non-hydrogen) atoms. The molecule has 0 unspecified atom stereocenters. The zero-order chi connectivity index (χ0) is 20.9. The molecule has 1 amide bonds. The first-order chi connectivity index (χ1) is 14.7. The van der Waals surface area contributed by atoms with E-state index in [9.17, 15) is 4.79 Å². The third kappa shape index (κ3) is 3.99. The van der Waals surface area contributed by atoms with E-state index in [2.05, 4.69) is 65.7 Å². The standard InChI is InChI=1S/C26H27N3O/c1-3-5-17-29(4-2)26(30)21-15-13-20(14-16-21)24-18-25(28-27-24)23-12-8-10-19-9-6-7-11-22(19)23/h6-16,18H,3-5,17H2,1-2H3,(H,27,28). The van der Waals surface area contributed by atoms with Gasteiger partial charge >= 0.3 is 0 Å². The molecule has 0 aliphatic rings. The number of carbonyl (C=O) groups excluding carboxylic acids is 1. The molecule has 4 nitrogen and oxygen atoms in total. The van der Waals surface area contributed by atoms with Crippen LogP contribution in [0.4, 0.5) is 0 Å². The molecule has 0 saturated carbocycles. The molecule has 3 aromatic carbocycles. The number of nitrogens with zero attached hydrogens (tertiary/aromatic N) is 2. The molecular weight excluding hydrogens is 370 g/mol. The van der Waals surface area contributed by atoms with Gasteiger partial charge in [-0.2, -0.15) is 5.10 Å². The molecule has 4 rings (SSSR count). The summed E-state index contributed by atoms with van der Waals surface area (Å²) in [7, 11) is 0. The Bertz CT molecular complexity index is 1140. The van der Waals surface area contributed by atoms with Crippen LogP contribution < -0.4 is 0 Å². The largest absolute Gasteiger partial charge is 0.339 e. The second kappa shape index (κ2) is 8.95. The van der Waals surface area contributed by atoms with Crippen LogP contribution in [-0.2, 0) is 0 Å². The van der Waals surface area contributed by atoms with Gasteiger partial charge in [0.2, 0.25) is 0 Å². The van der Waals surface area contributed by atoms with Crippen molar-refractivity contribution in [1.29, 1.82) is 0 Å². The van der Waals surface area contributed by atoms with E-state index in [0.717, 1.165) is 54.0 Å². The predicted octanol–water partition coefficient (Wildman–Crippen LogP) is 6.16. The molecule has 4 heteroatoms. The second-order valence-electron chi connectivity index (χ2n) is 7.51. The van der Waals surface area contributed by atoms with Crippen molar-refractivity contribution in [2.75, 3.05) is 13.1 Å². The molecule has 0 aliphatic carbocycles. The van der Waals surface area contributed by atoms with Crippen LogP contribution in [0, 0.1) is 0 Å². The van der Waals surface area contributed by atoms with Crippen molar-refractivity contribution in [2.45, 2.75) is 26.7 Å². The molecule has 0 spiro atoms. The Kier molecular flexibility index (Phi) is 5.94. The summed E-state index contributed by atoms with van der Waals surface area (Å²) in [6.07, 6.45) is 2.11. The van der Waals surface area contributed by atoms with E-state index in [-0.39, 0.29) is 5.91 Å². The predicted molar refractivity (Wildman–Crippen MR) is 123 cm³/mol. The molecular formula is C26H27N3O. The maximum Gasteiger partial charge on any atom is 0.253 e. The molecule has 0 aliphatic heterocycles. The number of aromatic nitrogens is 2. The fourth-order valence-electron chi connectivity index (χ4n) is 3.79. The summed E-state index contributed by atoms with van der Waals surface area (Å²) in [6, 6.07) is 24.5.